The van der Waals surface area contributed by atoms with E-state index in [2.05, 4.69) is 4.98 Å². The van der Waals surface area contributed by atoms with Crippen LogP contribution in [0.3, 0.4) is 0 Å². The van der Waals surface area contributed by atoms with Crippen molar-refractivity contribution in [1.82, 2.24) is 4.98 Å². The van der Waals surface area contributed by atoms with Crippen LogP contribution in [-0.4, -0.2) is 21.8 Å². The molecule has 0 spiro atoms. The number of H-pyrrole nitrogens is 1. The smallest absolute Gasteiger partial charge is 0.192 e. The molecule has 0 saturated carbocycles. The Morgan fingerprint density at radius 1 is 1.27 bits per heavy atom. The quantitative estimate of drug-likeness (QED) is 0.654. The number of nitrogens with one attached hydrogen (secondary N) is 1. The van der Waals surface area contributed by atoms with Gasteiger partial charge in [-0.05, 0) is 24.3 Å². The molecule has 3 N–H and O–H groups in total. The summed E-state index contributed by atoms with van der Waals surface area (Å²) in [7, 11) is 0. The highest BCUT2D eigenvalue weighted by Crippen LogP contribution is 2.30. The van der Waals surface area contributed by atoms with Gasteiger partial charge in [-0.3, -0.25) is 4.79 Å². The van der Waals surface area contributed by atoms with Crippen LogP contribution in [0, 0.1) is 23.0 Å². The molecule has 26 heavy (non-hydrogen) atoms. The first-order chi connectivity index (χ1) is 12.4. The molecule has 0 radical (unpaired) electrons. The number of halogens is 3. The normalized spacial score (nSPS) is 12.2. The van der Waals surface area contributed by atoms with Gasteiger partial charge in [-0.15, -0.1) is 0 Å². The van der Waals surface area contributed by atoms with Gasteiger partial charge in [0.05, 0.1) is 40.4 Å². The maximum absolute atomic E-state index is 14.6. The van der Waals surface area contributed by atoms with Gasteiger partial charge in [-0.1, -0.05) is 11.6 Å². The molecule has 1 unspecified atom stereocenters. The van der Waals surface area contributed by atoms with Crippen molar-refractivity contribution in [2.24, 2.45) is 0 Å². The van der Waals surface area contributed by atoms with Crippen molar-refractivity contribution in [1.29, 1.82) is 5.26 Å². The van der Waals surface area contributed by atoms with E-state index in [0.29, 0.717) is 11.1 Å². The third-order valence-corrected chi connectivity index (χ3v) is 4.27. The lowest BCUT2D eigenvalue weighted by Gasteiger charge is -2.13. The molecule has 8 heteroatoms. The minimum atomic E-state index is -1.79. The third-order valence-electron chi connectivity index (χ3n) is 3.94. The highest BCUT2D eigenvalue weighted by Gasteiger charge is 2.22. The van der Waals surface area contributed by atoms with Crippen LogP contribution in [0.5, 0.6) is 0 Å². The summed E-state index contributed by atoms with van der Waals surface area (Å²) in [6, 6.07) is 8.28. The summed E-state index contributed by atoms with van der Waals surface area (Å²) in [5.74, 6) is -2.35. The van der Waals surface area contributed by atoms with E-state index < -0.39 is 40.7 Å². The second-order valence-electron chi connectivity index (χ2n) is 5.56. The Hall–Kier alpha value is -2.79. The van der Waals surface area contributed by atoms with Crippen LogP contribution >= 0.6 is 11.6 Å². The van der Waals surface area contributed by atoms with E-state index in [4.69, 9.17) is 22.0 Å². The zero-order valence-electron chi connectivity index (χ0n) is 13.1. The average Bonchev–Trinajstić information content (AvgIpc) is 2.61. The van der Waals surface area contributed by atoms with E-state index in [9.17, 15) is 18.7 Å². The minimum absolute atomic E-state index is 0.144. The highest BCUT2D eigenvalue weighted by molar-refractivity contribution is 6.33. The number of aliphatic hydroxyl groups is 2. The molecule has 0 amide bonds. The van der Waals surface area contributed by atoms with Crippen LogP contribution in [0.4, 0.5) is 8.78 Å². The number of aliphatic hydroxyl groups excluding tert-OH is 2. The summed E-state index contributed by atoms with van der Waals surface area (Å²) in [5, 5.41) is 27.3. The van der Waals surface area contributed by atoms with Crippen LogP contribution in [0.15, 0.2) is 35.1 Å². The largest absolute Gasteiger partial charge is 0.393 e. The Labute approximate surface area is 150 Å². The fraction of sp³-hybridized carbons (Fsp3) is 0.111. The molecule has 0 aliphatic carbocycles. The number of aromatic amines is 1. The van der Waals surface area contributed by atoms with Crippen molar-refractivity contribution in [3.05, 3.63) is 68.3 Å². The predicted molar refractivity (Wildman–Crippen MR) is 91.7 cm³/mol. The Bertz CT molecular complexity index is 1120. The molecule has 0 aliphatic rings. The Kier molecular flexibility index (Phi) is 4.74. The Balaban J connectivity index is 2.31. The van der Waals surface area contributed by atoms with Gasteiger partial charge in [0.2, 0.25) is 0 Å². The Morgan fingerprint density at radius 3 is 2.65 bits per heavy atom. The maximum atomic E-state index is 14.6. The number of nitriles is 1. The van der Waals surface area contributed by atoms with Crippen LogP contribution in [0.2, 0.25) is 5.02 Å². The molecule has 1 heterocycles. The van der Waals surface area contributed by atoms with Gasteiger partial charge in [0.15, 0.2) is 5.43 Å². The Morgan fingerprint density at radius 2 is 2.00 bits per heavy atom. The molecule has 132 valence electrons. The van der Waals surface area contributed by atoms with Crippen LogP contribution in [0.25, 0.3) is 22.2 Å². The van der Waals surface area contributed by atoms with Gasteiger partial charge in [-0.2, -0.15) is 5.26 Å². The molecular formula is C18H11ClF2N2O3. The van der Waals surface area contributed by atoms with Gasteiger partial charge >= 0.3 is 0 Å². The van der Waals surface area contributed by atoms with Crippen LogP contribution in [-0.2, 0) is 0 Å². The molecule has 1 aromatic heterocycles. The molecule has 3 aromatic rings. The summed E-state index contributed by atoms with van der Waals surface area (Å²) in [5.41, 5.74) is -0.887. The fourth-order valence-electron chi connectivity index (χ4n) is 2.70. The summed E-state index contributed by atoms with van der Waals surface area (Å²) in [4.78, 5) is 15.1. The lowest BCUT2D eigenvalue weighted by molar-refractivity contribution is 0.0896. The van der Waals surface area contributed by atoms with E-state index in [1.807, 2.05) is 6.07 Å². The fourth-order valence-corrected chi connectivity index (χ4v) is 2.92. The molecule has 0 aliphatic heterocycles. The van der Waals surface area contributed by atoms with Crippen molar-refractivity contribution >= 4 is 22.5 Å². The van der Waals surface area contributed by atoms with Crippen molar-refractivity contribution < 1.29 is 19.0 Å². The second-order valence-corrected chi connectivity index (χ2v) is 5.97. The standard InChI is InChI=1S/C18H11ClF2N2O3/c19-10-2-1-8(6-22)3-9(10)12-5-14(25)17-13(23-12)4-11(20)16(18(17)21)15(26)7-24/h1-5,15,24,26H,7H2,(H,23,25). The van der Waals surface area contributed by atoms with Crippen molar-refractivity contribution in [3.63, 3.8) is 0 Å². The van der Waals surface area contributed by atoms with E-state index in [1.54, 1.807) is 0 Å². The number of aromatic nitrogens is 1. The van der Waals surface area contributed by atoms with Crippen molar-refractivity contribution in [2.45, 2.75) is 6.10 Å². The van der Waals surface area contributed by atoms with Gasteiger partial charge in [-0.25, -0.2) is 8.78 Å². The van der Waals surface area contributed by atoms with Gasteiger partial charge in [0, 0.05) is 16.7 Å². The van der Waals surface area contributed by atoms with Crippen molar-refractivity contribution in [3.8, 4) is 17.3 Å². The average molecular weight is 377 g/mol. The lowest BCUT2D eigenvalue weighted by atomic mass is 10.0. The predicted octanol–water partition coefficient (Wildman–Crippen LogP) is 3.02. The molecule has 0 bridgehead atoms. The van der Waals surface area contributed by atoms with E-state index in [1.165, 1.54) is 18.2 Å². The zero-order valence-corrected chi connectivity index (χ0v) is 13.8. The topological polar surface area (TPSA) is 97.1 Å². The van der Waals surface area contributed by atoms with E-state index in [0.717, 1.165) is 12.1 Å². The number of hydrogen-bond donors (Lipinski definition) is 3. The number of fused-ring (bicyclic) bond motifs is 1. The first kappa shape index (κ1) is 18.0. The highest BCUT2D eigenvalue weighted by atomic mass is 35.5. The summed E-state index contributed by atoms with van der Waals surface area (Å²) >= 11 is 6.10. The van der Waals surface area contributed by atoms with Crippen molar-refractivity contribution in [2.75, 3.05) is 6.61 Å². The molecule has 0 saturated heterocycles. The first-order valence-corrected chi connectivity index (χ1v) is 7.79. The zero-order chi connectivity index (χ0) is 19.0. The van der Waals surface area contributed by atoms with Crippen LogP contribution in [0.1, 0.15) is 17.2 Å². The molecule has 1 atom stereocenters. The molecular weight excluding hydrogens is 366 g/mol. The number of rotatable bonds is 3. The summed E-state index contributed by atoms with van der Waals surface area (Å²) < 4.78 is 28.7. The SMILES string of the molecule is N#Cc1ccc(Cl)c(-c2cc(=O)c3c(F)c(C(O)CO)c(F)cc3[nH]2)c1. The monoisotopic (exact) mass is 376 g/mol. The first-order valence-electron chi connectivity index (χ1n) is 7.41. The molecule has 2 aromatic carbocycles. The second kappa shape index (κ2) is 6.84. The number of nitrogens with zero attached hydrogens (tertiary/aromatic N) is 1. The maximum Gasteiger partial charge on any atom is 0.192 e. The van der Waals surface area contributed by atoms with Gasteiger partial charge < -0.3 is 15.2 Å². The molecule has 3 rings (SSSR count). The number of benzene rings is 2. The van der Waals surface area contributed by atoms with Gasteiger partial charge in [0.25, 0.3) is 0 Å². The number of pyridine rings is 1. The van der Waals surface area contributed by atoms with E-state index >= 15 is 0 Å². The number of hydrogen-bond acceptors (Lipinski definition) is 4. The molecule has 5 nitrogen and oxygen atoms in total. The van der Waals surface area contributed by atoms with Crippen LogP contribution < -0.4 is 5.43 Å². The summed E-state index contributed by atoms with van der Waals surface area (Å²) in [6.45, 7) is -0.897. The van der Waals surface area contributed by atoms with E-state index in [-0.39, 0.29) is 16.2 Å². The third kappa shape index (κ3) is 2.95. The van der Waals surface area contributed by atoms with Gasteiger partial charge in [0.1, 0.15) is 17.7 Å². The summed E-state index contributed by atoms with van der Waals surface area (Å²) in [6.07, 6.45) is -1.79. The molecule has 0 fully saturated rings. The minimum Gasteiger partial charge on any atom is -0.393 e. The lowest BCUT2D eigenvalue weighted by Crippen LogP contribution is -2.13.